The zero-order chi connectivity index (χ0) is 12.5. The number of hydrogen-bond acceptors (Lipinski definition) is 3. The van der Waals surface area contributed by atoms with E-state index in [-0.39, 0.29) is 17.1 Å². The van der Waals surface area contributed by atoms with Gasteiger partial charge in [-0.2, -0.15) is 0 Å². The molecule has 0 aromatic rings. The maximum absolute atomic E-state index is 12.1. The van der Waals surface area contributed by atoms with E-state index in [0.29, 0.717) is 0 Å². The van der Waals surface area contributed by atoms with Gasteiger partial charge in [0.25, 0.3) is 0 Å². The molecule has 4 atom stereocenters. The Kier molecular flexibility index (Phi) is 1.59. The Balaban J connectivity index is 2.05. The normalized spacial score (nSPS) is 58.8. The lowest BCUT2D eigenvalue weighted by Gasteiger charge is -2.36. The summed E-state index contributed by atoms with van der Waals surface area (Å²) in [5.74, 6) is 0.198. The number of rotatable bonds is 0. The van der Waals surface area contributed by atoms with Gasteiger partial charge in [0, 0.05) is 11.3 Å². The highest BCUT2D eigenvalue weighted by Crippen LogP contribution is 2.85. The van der Waals surface area contributed by atoms with Crippen LogP contribution >= 0.6 is 23.2 Å². The second kappa shape index (κ2) is 2.40. The van der Waals surface area contributed by atoms with Crippen LogP contribution in [0.25, 0.3) is 0 Å². The van der Waals surface area contributed by atoms with Gasteiger partial charge in [-0.1, -0.05) is 37.0 Å². The highest BCUT2D eigenvalue weighted by Gasteiger charge is 2.97. The van der Waals surface area contributed by atoms with E-state index in [2.05, 4.69) is 13.8 Å². The predicted molar refractivity (Wildman–Crippen MR) is 62.8 cm³/mol. The molecule has 2 heterocycles. The quantitative estimate of drug-likeness (QED) is 0.507. The molecule has 2 saturated carbocycles. The van der Waals surface area contributed by atoms with Crippen molar-refractivity contribution in [1.29, 1.82) is 0 Å². The van der Waals surface area contributed by atoms with E-state index in [1.54, 1.807) is 0 Å². The number of hydroxylamine groups is 1. The van der Waals surface area contributed by atoms with Gasteiger partial charge < -0.3 is 0 Å². The molecule has 17 heavy (non-hydrogen) atoms. The number of hydrogen-bond donors (Lipinski definition) is 0. The van der Waals surface area contributed by atoms with E-state index in [0.717, 1.165) is 17.3 Å². The monoisotopic (exact) mass is 297 g/mol. The first kappa shape index (κ1) is 11.3. The number of alkyl halides is 2. The average Bonchev–Trinajstić information content (AvgIpc) is 2.78. The van der Waals surface area contributed by atoms with Crippen molar-refractivity contribution in [2.75, 3.05) is 5.75 Å². The van der Waals surface area contributed by atoms with Crippen LogP contribution in [0.5, 0.6) is 0 Å². The van der Waals surface area contributed by atoms with Crippen molar-refractivity contribution in [1.82, 2.24) is 4.47 Å². The Labute approximate surface area is 110 Å². The third-order valence-electron chi connectivity index (χ3n) is 5.62. The molecule has 7 heteroatoms. The number of halogens is 2. The molecule has 2 unspecified atom stereocenters. The van der Waals surface area contributed by atoms with E-state index >= 15 is 0 Å². The molecular formula is C10H13Cl2NO3S. The van der Waals surface area contributed by atoms with Crippen molar-refractivity contribution in [2.45, 2.75) is 36.7 Å². The summed E-state index contributed by atoms with van der Waals surface area (Å²) in [7, 11) is -3.36. The molecule has 96 valence electrons. The smallest absolute Gasteiger partial charge is 0.239 e. The van der Waals surface area contributed by atoms with Gasteiger partial charge in [-0.05, 0) is 22.7 Å². The van der Waals surface area contributed by atoms with Crippen molar-refractivity contribution < 1.29 is 13.3 Å². The van der Waals surface area contributed by atoms with E-state index in [1.165, 1.54) is 0 Å². The van der Waals surface area contributed by atoms with Gasteiger partial charge in [-0.25, -0.2) is 8.42 Å². The van der Waals surface area contributed by atoms with Gasteiger partial charge in [-0.15, -0.1) is 0 Å². The van der Waals surface area contributed by atoms with E-state index in [4.69, 9.17) is 28.0 Å². The summed E-state index contributed by atoms with van der Waals surface area (Å²) in [5.41, 5.74) is -1.66. The van der Waals surface area contributed by atoms with Crippen LogP contribution in [0, 0.1) is 16.7 Å². The summed E-state index contributed by atoms with van der Waals surface area (Å²) >= 11 is 13.0. The first-order chi connectivity index (χ1) is 7.64. The minimum atomic E-state index is -3.36. The van der Waals surface area contributed by atoms with Crippen molar-refractivity contribution >= 4 is 33.2 Å². The molecule has 4 fully saturated rings. The highest BCUT2D eigenvalue weighted by atomic mass is 35.5. The molecule has 2 aliphatic heterocycles. The number of fused-ring (bicyclic) bond motifs is 1. The van der Waals surface area contributed by atoms with Gasteiger partial charge in [-0.3, -0.25) is 4.84 Å². The fourth-order valence-corrected chi connectivity index (χ4v) is 8.56. The summed E-state index contributed by atoms with van der Waals surface area (Å²) in [4.78, 5) is 5.44. The number of nitrogens with zero attached hydrogens (tertiary/aromatic N) is 1. The first-order valence-corrected chi connectivity index (χ1v) is 8.10. The van der Waals surface area contributed by atoms with Crippen LogP contribution in [0.3, 0.4) is 0 Å². The fraction of sp³-hybridized carbons (Fsp3) is 1.00. The molecule has 4 aliphatic rings. The van der Waals surface area contributed by atoms with Crippen LogP contribution in [-0.4, -0.2) is 28.7 Å². The van der Waals surface area contributed by atoms with Crippen LogP contribution in [0.4, 0.5) is 0 Å². The third-order valence-corrected chi connectivity index (χ3v) is 8.36. The molecule has 0 amide bonds. The molecule has 2 spiro atoms. The van der Waals surface area contributed by atoms with E-state index < -0.39 is 25.5 Å². The fourth-order valence-electron chi connectivity index (χ4n) is 4.73. The Morgan fingerprint density at radius 3 is 2.53 bits per heavy atom. The zero-order valence-corrected chi connectivity index (χ0v) is 11.9. The topological polar surface area (TPSA) is 49.7 Å². The van der Waals surface area contributed by atoms with Crippen LogP contribution in [0.2, 0.25) is 0 Å². The Bertz CT molecular complexity index is 538. The molecule has 2 saturated heterocycles. The van der Waals surface area contributed by atoms with Gasteiger partial charge in [0.1, 0.15) is 0 Å². The first-order valence-electron chi connectivity index (χ1n) is 5.74. The molecule has 0 radical (unpaired) electrons. The summed E-state index contributed by atoms with van der Waals surface area (Å²) < 4.78 is 24.1. The highest BCUT2D eigenvalue weighted by molar-refractivity contribution is 7.89. The SMILES string of the molecule is CC1(C)C2CC[C@@]13CS(=O)(=O)[N@]1OC13C2(Cl)Cl. The van der Waals surface area contributed by atoms with Gasteiger partial charge >= 0.3 is 0 Å². The second-order valence-electron chi connectivity index (χ2n) is 6.24. The molecule has 4 rings (SSSR count). The lowest BCUT2D eigenvalue weighted by Crippen LogP contribution is -2.48. The van der Waals surface area contributed by atoms with Crippen LogP contribution in [0.1, 0.15) is 26.7 Å². The van der Waals surface area contributed by atoms with E-state index in [1.807, 2.05) is 0 Å². The summed E-state index contributed by atoms with van der Waals surface area (Å²) in [5, 5.41) is 0. The minimum absolute atomic E-state index is 0.0823. The van der Waals surface area contributed by atoms with Crippen molar-refractivity contribution in [3.63, 3.8) is 0 Å². The van der Waals surface area contributed by atoms with Crippen LogP contribution in [-0.2, 0) is 14.9 Å². The van der Waals surface area contributed by atoms with E-state index in [9.17, 15) is 8.42 Å². The molecule has 0 aromatic heterocycles. The van der Waals surface area contributed by atoms with Crippen molar-refractivity contribution in [2.24, 2.45) is 16.7 Å². The zero-order valence-electron chi connectivity index (χ0n) is 9.53. The molecule has 2 bridgehead atoms. The van der Waals surface area contributed by atoms with Crippen LogP contribution in [0.15, 0.2) is 0 Å². The molecule has 0 N–H and O–H groups in total. The lowest BCUT2D eigenvalue weighted by atomic mass is 9.68. The molecular weight excluding hydrogens is 285 g/mol. The number of sulfonamides is 1. The molecule has 4 nitrogen and oxygen atoms in total. The van der Waals surface area contributed by atoms with Gasteiger partial charge in [0.15, 0.2) is 4.33 Å². The largest absolute Gasteiger partial charge is 0.251 e. The maximum Gasteiger partial charge on any atom is 0.239 e. The summed E-state index contributed by atoms with van der Waals surface area (Å²) in [6, 6.07) is 0. The van der Waals surface area contributed by atoms with Gasteiger partial charge in [0.05, 0.1) is 5.75 Å². The van der Waals surface area contributed by atoms with Gasteiger partial charge in [0.2, 0.25) is 15.7 Å². The van der Waals surface area contributed by atoms with Crippen molar-refractivity contribution in [3.05, 3.63) is 0 Å². The molecule has 2 aliphatic carbocycles. The predicted octanol–water partition coefficient (Wildman–Crippen LogP) is 1.88. The van der Waals surface area contributed by atoms with Crippen molar-refractivity contribution in [3.8, 4) is 0 Å². The lowest BCUT2D eigenvalue weighted by molar-refractivity contribution is 0.0704. The second-order valence-corrected chi connectivity index (χ2v) is 9.41. The van der Waals surface area contributed by atoms with Crippen LogP contribution < -0.4 is 0 Å². The Morgan fingerprint density at radius 1 is 1.35 bits per heavy atom. The third kappa shape index (κ3) is 0.778. The standard InChI is InChI=1S/C10H13Cl2NO3S/c1-7(2)6-3-4-8(7)5-17(14,15)13-10(8,16-13)9(6,11)12/h6H,3-5H2,1-2H3/t6?,8-,10?,13+/m1/s1. The maximum atomic E-state index is 12.1. The Morgan fingerprint density at radius 2 is 2.00 bits per heavy atom. The minimum Gasteiger partial charge on any atom is -0.251 e. The average molecular weight is 298 g/mol. The summed E-state index contributed by atoms with van der Waals surface area (Å²) in [6.45, 7) is 4.14. The summed E-state index contributed by atoms with van der Waals surface area (Å²) in [6.07, 6.45) is 1.69. The molecule has 0 aromatic carbocycles. The Hall–Kier alpha value is 0.450.